The van der Waals surface area contributed by atoms with E-state index in [0.29, 0.717) is 33.3 Å². The Balaban J connectivity index is 0.00000363. The molecule has 3 aromatic rings. The van der Waals surface area contributed by atoms with Crippen LogP contribution in [0, 0.1) is 0 Å². The van der Waals surface area contributed by atoms with Crippen LogP contribution in [0.3, 0.4) is 0 Å². The summed E-state index contributed by atoms with van der Waals surface area (Å²) in [5, 5.41) is 3.20. The molecule has 0 aliphatic rings. The van der Waals surface area contributed by atoms with Crippen LogP contribution in [-0.4, -0.2) is 36.5 Å². The fourth-order valence-corrected chi connectivity index (χ4v) is 3.09. The van der Waals surface area contributed by atoms with Crippen molar-refractivity contribution in [3.05, 3.63) is 88.1 Å². The average molecular weight is 452 g/mol. The number of pyridine rings is 1. The maximum atomic E-state index is 12.9. The summed E-state index contributed by atoms with van der Waals surface area (Å²) >= 11 is 5.85. The Morgan fingerprint density at radius 3 is 2.34 bits per heavy atom. The van der Waals surface area contributed by atoms with Crippen molar-refractivity contribution in [1.29, 1.82) is 0 Å². The number of amides is 1. The van der Waals surface area contributed by atoms with Crippen molar-refractivity contribution in [2.75, 3.05) is 19.5 Å². The summed E-state index contributed by atoms with van der Waals surface area (Å²) in [6.07, 6.45) is 1.52. The van der Waals surface area contributed by atoms with Gasteiger partial charge in [-0.05, 0) is 42.3 Å². The van der Waals surface area contributed by atoms with E-state index in [0.717, 1.165) is 11.3 Å². The van der Waals surface area contributed by atoms with Crippen molar-refractivity contribution >= 4 is 34.8 Å². The van der Waals surface area contributed by atoms with E-state index < -0.39 is 0 Å². The Kier molecular flexibility index (Phi) is 8.67. The minimum atomic E-state index is -0.387. The smallest absolute Gasteiger partial charge is 0.257 e. The highest BCUT2D eigenvalue weighted by Gasteiger charge is 2.17. The zero-order valence-electron chi connectivity index (χ0n) is 17.5. The van der Waals surface area contributed by atoms with Crippen LogP contribution in [0.5, 0.6) is 5.75 Å². The fraction of sp³-hybridized carbons (Fsp3) is 0.200. The van der Waals surface area contributed by atoms with E-state index in [1.54, 1.807) is 49.5 Å². The van der Waals surface area contributed by atoms with Gasteiger partial charge in [0.15, 0.2) is 5.78 Å². The summed E-state index contributed by atoms with van der Waals surface area (Å²) in [4.78, 5) is 34.0. The fourth-order valence-electron chi connectivity index (χ4n) is 2.98. The second kappa shape index (κ2) is 11.2. The van der Waals surface area contributed by atoms with Crippen LogP contribution in [0.4, 0.5) is 5.82 Å². The molecule has 1 N–H and O–H groups in total. The molecule has 0 radical (unpaired) electrons. The van der Waals surface area contributed by atoms with Gasteiger partial charge >= 0.3 is 0 Å². The molecule has 0 saturated heterocycles. The number of carbonyl (C=O) groups excluding carboxylic acids is 2. The largest absolute Gasteiger partial charge is 0.497 e. The number of nitrogens with zero attached hydrogens (tertiary/aromatic N) is 2. The van der Waals surface area contributed by atoms with Crippen LogP contribution in [0.15, 0.2) is 65.8 Å². The van der Waals surface area contributed by atoms with Crippen LogP contribution in [-0.2, 0) is 6.42 Å². The average Bonchev–Trinajstić information content (AvgIpc) is 2.80. The van der Waals surface area contributed by atoms with Crippen LogP contribution in [0.25, 0.3) is 0 Å². The van der Waals surface area contributed by atoms with Gasteiger partial charge in [0, 0.05) is 36.5 Å². The first-order valence-corrected chi connectivity index (χ1v) is 9.96. The normalized spacial score (nSPS) is 10.8. The second-order valence-electron chi connectivity index (χ2n) is 6.83. The summed E-state index contributed by atoms with van der Waals surface area (Å²) in [5.41, 5.74) is 3.35. The standard InChI is InChI=1S/C24H22ClN3O3.CH4/c1-15(26-2)16-4-6-17(7-5-16)22(29)12-18-8-10-20(31-3)13-21(18)24(30)28-23-11-9-19(25)14-27-23;/h4-11,13-14H,12H2,1-3H3,(H,27,28,30);1H4. The lowest BCUT2D eigenvalue weighted by Gasteiger charge is -2.12. The molecule has 166 valence electrons. The molecule has 7 heteroatoms. The molecule has 0 saturated carbocycles. The van der Waals surface area contributed by atoms with Gasteiger partial charge in [0.2, 0.25) is 0 Å². The predicted octanol–water partition coefficient (Wildman–Crippen LogP) is 5.50. The number of carbonyl (C=O) groups is 2. The molecular formula is C25H26ClN3O3. The Bertz CT molecular complexity index is 1120. The van der Waals surface area contributed by atoms with Crippen molar-refractivity contribution in [2.24, 2.45) is 4.99 Å². The number of aliphatic imine (C=N–C) groups is 1. The third-order valence-electron chi connectivity index (χ3n) is 4.84. The molecule has 0 aliphatic heterocycles. The number of hydrogen-bond acceptors (Lipinski definition) is 5. The van der Waals surface area contributed by atoms with Crippen molar-refractivity contribution in [3.63, 3.8) is 0 Å². The van der Waals surface area contributed by atoms with E-state index >= 15 is 0 Å². The number of benzene rings is 2. The first-order valence-electron chi connectivity index (χ1n) is 9.58. The summed E-state index contributed by atoms with van der Waals surface area (Å²) in [5.74, 6) is 0.394. The van der Waals surface area contributed by atoms with Gasteiger partial charge in [-0.2, -0.15) is 0 Å². The molecule has 0 aliphatic carbocycles. The Morgan fingerprint density at radius 1 is 1.06 bits per heavy atom. The summed E-state index contributed by atoms with van der Waals surface area (Å²) in [7, 11) is 3.25. The number of Topliss-reactive ketones (excluding diaryl/α,β-unsaturated/α-hetero) is 1. The van der Waals surface area contributed by atoms with Crippen LogP contribution in [0.2, 0.25) is 5.02 Å². The zero-order chi connectivity index (χ0) is 22.4. The molecule has 3 rings (SSSR count). The lowest BCUT2D eigenvalue weighted by molar-refractivity contribution is 0.0992. The summed E-state index contributed by atoms with van der Waals surface area (Å²) in [6, 6.07) is 15.6. The Morgan fingerprint density at radius 2 is 1.75 bits per heavy atom. The molecule has 0 atom stereocenters. The van der Waals surface area contributed by atoms with E-state index in [2.05, 4.69) is 15.3 Å². The number of rotatable bonds is 7. The number of methoxy groups -OCH3 is 1. The predicted molar refractivity (Wildman–Crippen MR) is 130 cm³/mol. The number of aromatic nitrogens is 1. The molecule has 0 bridgehead atoms. The Hall–Kier alpha value is -3.51. The SMILES string of the molecule is C.CN=C(C)c1ccc(C(=O)Cc2ccc(OC)cc2C(=O)Nc2ccc(Cl)cn2)cc1. The van der Waals surface area contributed by atoms with Crippen molar-refractivity contribution < 1.29 is 14.3 Å². The molecule has 0 spiro atoms. The van der Waals surface area contributed by atoms with Gasteiger partial charge in [0.1, 0.15) is 11.6 Å². The number of ketones is 1. The number of nitrogens with one attached hydrogen (secondary N) is 1. The molecule has 0 unspecified atom stereocenters. The summed E-state index contributed by atoms with van der Waals surface area (Å²) in [6.45, 7) is 1.91. The van der Waals surface area contributed by atoms with E-state index in [4.69, 9.17) is 16.3 Å². The molecule has 1 heterocycles. The van der Waals surface area contributed by atoms with E-state index in [1.807, 2.05) is 19.1 Å². The maximum absolute atomic E-state index is 12.9. The quantitative estimate of drug-likeness (QED) is 0.380. The van der Waals surface area contributed by atoms with E-state index in [-0.39, 0.29) is 25.5 Å². The molecule has 1 amide bonds. The maximum Gasteiger partial charge on any atom is 0.257 e. The van der Waals surface area contributed by atoms with Gasteiger partial charge in [0.25, 0.3) is 5.91 Å². The third-order valence-corrected chi connectivity index (χ3v) is 5.07. The third kappa shape index (κ3) is 6.02. The highest BCUT2D eigenvalue weighted by atomic mass is 35.5. The lowest BCUT2D eigenvalue weighted by atomic mass is 9.97. The minimum absolute atomic E-state index is 0. The van der Waals surface area contributed by atoms with Crippen LogP contribution in [0.1, 0.15) is 46.2 Å². The van der Waals surface area contributed by atoms with Crippen molar-refractivity contribution in [3.8, 4) is 5.75 Å². The zero-order valence-corrected chi connectivity index (χ0v) is 18.2. The molecule has 2 aromatic carbocycles. The summed E-state index contributed by atoms with van der Waals surface area (Å²) < 4.78 is 5.25. The van der Waals surface area contributed by atoms with Crippen LogP contribution >= 0.6 is 11.6 Å². The van der Waals surface area contributed by atoms with Crippen molar-refractivity contribution in [2.45, 2.75) is 20.8 Å². The number of hydrogen-bond donors (Lipinski definition) is 1. The molecule has 0 fully saturated rings. The van der Waals surface area contributed by atoms with E-state index in [1.165, 1.54) is 13.3 Å². The minimum Gasteiger partial charge on any atom is -0.497 e. The van der Waals surface area contributed by atoms with E-state index in [9.17, 15) is 9.59 Å². The first-order chi connectivity index (χ1) is 14.9. The van der Waals surface area contributed by atoms with Gasteiger partial charge in [-0.25, -0.2) is 4.98 Å². The monoisotopic (exact) mass is 451 g/mol. The molecule has 6 nitrogen and oxygen atoms in total. The molecular weight excluding hydrogens is 426 g/mol. The van der Waals surface area contributed by atoms with Gasteiger partial charge in [-0.1, -0.05) is 49.4 Å². The topological polar surface area (TPSA) is 80.6 Å². The first kappa shape index (κ1) is 24.8. The number of anilines is 1. The second-order valence-corrected chi connectivity index (χ2v) is 7.26. The number of ether oxygens (including phenoxy) is 1. The lowest BCUT2D eigenvalue weighted by Crippen LogP contribution is -2.17. The number of halogens is 1. The van der Waals surface area contributed by atoms with Gasteiger partial charge in [0.05, 0.1) is 12.1 Å². The van der Waals surface area contributed by atoms with Gasteiger partial charge < -0.3 is 10.1 Å². The van der Waals surface area contributed by atoms with Gasteiger partial charge in [-0.3, -0.25) is 14.6 Å². The van der Waals surface area contributed by atoms with Gasteiger partial charge in [-0.15, -0.1) is 0 Å². The highest BCUT2D eigenvalue weighted by Crippen LogP contribution is 2.21. The van der Waals surface area contributed by atoms with Crippen molar-refractivity contribution in [1.82, 2.24) is 4.98 Å². The molecule has 1 aromatic heterocycles. The van der Waals surface area contributed by atoms with Crippen LogP contribution < -0.4 is 10.1 Å². The molecule has 32 heavy (non-hydrogen) atoms. The highest BCUT2D eigenvalue weighted by molar-refractivity contribution is 6.30. The Labute approximate surface area is 193 Å².